The molecule has 2 N–H and O–H groups in total. The van der Waals surface area contributed by atoms with Gasteiger partial charge in [0, 0.05) is 17.6 Å². The molecule has 0 spiro atoms. The van der Waals surface area contributed by atoms with Gasteiger partial charge in [0.25, 0.3) is 0 Å². The first-order valence-electron chi connectivity index (χ1n) is 4.89. The van der Waals surface area contributed by atoms with Crippen molar-refractivity contribution in [2.75, 3.05) is 13.6 Å². The van der Waals surface area contributed by atoms with Crippen LogP contribution in [-0.2, 0) is 6.54 Å². The summed E-state index contributed by atoms with van der Waals surface area (Å²) in [6.07, 6.45) is 1.00. The van der Waals surface area contributed by atoms with Crippen LogP contribution < -0.4 is 5.73 Å². The molecule has 14 heavy (non-hydrogen) atoms. The first kappa shape index (κ1) is 9.97. The van der Waals surface area contributed by atoms with E-state index in [0.717, 1.165) is 24.5 Å². The Labute approximate surface area is 89.7 Å². The van der Waals surface area contributed by atoms with Crippen LogP contribution in [0.5, 0.6) is 0 Å². The fourth-order valence-corrected chi connectivity index (χ4v) is 2.12. The monoisotopic (exact) mass is 210 g/mol. The molecular formula is C11H15ClN2. The molecular weight excluding hydrogens is 196 g/mol. The number of fused-ring (bicyclic) bond motifs is 1. The molecule has 1 unspecified atom stereocenters. The van der Waals surface area contributed by atoms with E-state index < -0.39 is 0 Å². The fraction of sp³-hybridized carbons (Fsp3) is 0.455. The molecule has 2 nitrogen and oxygen atoms in total. The molecule has 1 aromatic carbocycles. The highest BCUT2D eigenvalue weighted by Crippen LogP contribution is 2.26. The summed E-state index contributed by atoms with van der Waals surface area (Å²) < 4.78 is 0. The molecule has 0 bridgehead atoms. The van der Waals surface area contributed by atoms with E-state index in [4.69, 9.17) is 17.3 Å². The van der Waals surface area contributed by atoms with Crippen molar-refractivity contribution in [2.45, 2.75) is 19.0 Å². The summed E-state index contributed by atoms with van der Waals surface area (Å²) in [6, 6.07) is 6.15. The first-order chi connectivity index (χ1) is 6.66. The zero-order valence-corrected chi connectivity index (χ0v) is 9.09. The van der Waals surface area contributed by atoms with E-state index >= 15 is 0 Å². The molecule has 1 aliphatic heterocycles. The molecule has 1 aliphatic rings. The minimum Gasteiger partial charge on any atom is -0.324 e. The summed E-state index contributed by atoms with van der Waals surface area (Å²) in [4.78, 5) is 2.29. The number of rotatable bonds is 0. The van der Waals surface area contributed by atoms with Gasteiger partial charge in [0.15, 0.2) is 0 Å². The van der Waals surface area contributed by atoms with Crippen molar-refractivity contribution in [1.29, 1.82) is 0 Å². The second-order valence-corrected chi connectivity index (χ2v) is 4.41. The van der Waals surface area contributed by atoms with Crippen LogP contribution in [0.2, 0.25) is 5.02 Å². The summed E-state index contributed by atoms with van der Waals surface area (Å²) in [7, 11) is 2.12. The molecule has 0 fully saturated rings. The van der Waals surface area contributed by atoms with Crippen LogP contribution in [0.3, 0.4) is 0 Å². The lowest BCUT2D eigenvalue weighted by Gasteiger charge is -2.13. The molecule has 0 aromatic heterocycles. The summed E-state index contributed by atoms with van der Waals surface area (Å²) in [5, 5.41) is 0.781. The average molecular weight is 211 g/mol. The van der Waals surface area contributed by atoms with Crippen LogP contribution in [-0.4, -0.2) is 18.5 Å². The van der Waals surface area contributed by atoms with Gasteiger partial charge in [-0.15, -0.1) is 0 Å². The van der Waals surface area contributed by atoms with Crippen LogP contribution in [0, 0.1) is 0 Å². The van der Waals surface area contributed by atoms with Crippen molar-refractivity contribution in [3.8, 4) is 0 Å². The molecule has 1 atom stereocenters. The van der Waals surface area contributed by atoms with Crippen LogP contribution in [0.25, 0.3) is 0 Å². The fourth-order valence-electron chi connectivity index (χ4n) is 1.94. The van der Waals surface area contributed by atoms with E-state index in [2.05, 4.69) is 18.0 Å². The third kappa shape index (κ3) is 1.92. The third-order valence-electron chi connectivity index (χ3n) is 2.77. The smallest absolute Gasteiger partial charge is 0.0409 e. The van der Waals surface area contributed by atoms with Gasteiger partial charge in [-0.05, 0) is 43.3 Å². The van der Waals surface area contributed by atoms with Gasteiger partial charge in [-0.2, -0.15) is 0 Å². The minimum atomic E-state index is 0.133. The van der Waals surface area contributed by atoms with Crippen molar-refractivity contribution in [2.24, 2.45) is 5.73 Å². The third-order valence-corrected chi connectivity index (χ3v) is 3.00. The zero-order valence-electron chi connectivity index (χ0n) is 8.33. The predicted octanol–water partition coefficient (Wildman–Crippen LogP) is 2.18. The highest BCUT2D eigenvalue weighted by Gasteiger charge is 2.17. The van der Waals surface area contributed by atoms with E-state index in [0.29, 0.717) is 0 Å². The minimum absolute atomic E-state index is 0.133. The first-order valence-corrected chi connectivity index (χ1v) is 5.27. The molecule has 76 valence electrons. The van der Waals surface area contributed by atoms with E-state index in [-0.39, 0.29) is 6.04 Å². The maximum Gasteiger partial charge on any atom is 0.0409 e. The topological polar surface area (TPSA) is 29.3 Å². The summed E-state index contributed by atoms with van der Waals surface area (Å²) >= 11 is 5.96. The van der Waals surface area contributed by atoms with Gasteiger partial charge in [-0.3, -0.25) is 0 Å². The number of nitrogens with two attached hydrogens (primary N) is 1. The standard InChI is InChI=1S/C11H15ClN2/c1-14-5-4-11(13)10-6-9(12)3-2-8(10)7-14/h2-3,6,11H,4-5,7,13H2,1H3. The van der Waals surface area contributed by atoms with Gasteiger partial charge in [0.1, 0.15) is 0 Å². The number of nitrogens with zero attached hydrogens (tertiary/aromatic N) is 1. The Hall–Kier alpha value is -0.570. The molecule has 1 aromatic rings. The Morgan fingerprint density at radius 1 is 1.50 bits per heavy atom. The molecule has 0 aliphatic carbocycles. The number of benzene rings is 1. The van der Waals surface area contributed by atoms with E-state index in [1.165, 1.54) is 11.1 Å². The van der Waals surface area contributed by atoms with E-state index in [9.17, 15) is 0 Å². The van der Waals surface area contributed by atoms with Crippen LogP contribution in [0.15, 0.2) is 18.2 Å². The lowest BCUT2D eigenvalue weighted by molar-refractivity contribution is 0.325. The normalized spacial score (nSPS) is 22.9. The van der Waals surface area contributed by atoms with Gasteiger partial charge < -0.3 is 10.6 Å². The Balaban J connectivity index is 2.42. The predicted molar refractivity (Wildman–Crippen MR) is 59.3 cm³/mol. The van der Waals surface area contributed by atoms with Gasteiger partial charge in [-0.1, -0.05) is 17.7 Å². The van der Waals surface area contributed by atoms with Gasteiger partial charge in [0.2, 0.25) is 0 Å². The van der Waals surface area contributed by atoms with Crippen molar-refractivity contribution < 1.29 is 0 Å². The van der Waals surface area contributed by atoms with Crippen LogP contribution in [0.4, 0.5) is 0 Å². The average Bonchev–Trinajstić information content (AvgIpc) is 2.29. The van der Waals surface area contributed by atoms with Crippen molar-refractivity contribution in [3.63, 3.8) is 0 Å². The molecule has 0 saturated carbocycles. The molecule has 0 amide bonds. The van der Waals surface area contributed by atoms with Gasteiger partial charge in [-0.25, -0.2) is 0 Å². The summed E-state index contributed by atoms with van der Waals surface area (Å²) in [5.41, 5.74) is 8.61. The Kier molecular flexibility index (Phi) is 2.77. The second kappa shape index (κ2) is 3.89. The number of hydrogen-bond acceptors (Lipinski definition) is 2. The van der Waals surface area contributed by atoms with Crippen LogP contribution in [0.1, 0.15) is 23.6 Å². The second-order valence-electron chi connectivity index (χ2n) is 3.98. The molecule has 2 rings (SSSR count). The van der Waals surface area contributed by atoms with Crippen LogP contribution >= 0.6 is 11.6 Å². The molecule has 0 radical (unpaired) electrons. The Morgan fingerprint density at radius 3 is 3.07 bits per heavy atom. The Bertz CT molecular complexity index is 338. The van der Waals surface area contributed by atoms with Crippen molar-refractivity contribution in [1.82, 2.24) is 4.90 Å². The van der Waals surface area contributed by atoms with Gasteiger partial charge in [0.05, 0.1) is 0 Å². The molecule has 1 heterocycles. The lowest BCUT2D eigenvalue weighted by atomic mass is 10.0. The summed E-state index contributed by atoms with van der Waals surface area (Å²) in [6.45, 7) is 2.02. The highest BCUT2D eigenvalue weighted by molar-refractivity contribution is 6.30. The van der Waals surface area contributed by atoms with Gasteiger partial charge >= 0.3 is 0 Å². The van der Waals surface area contributed by atoms with E-state index in [1.54, 1.807) is 0 Å². The molecule has 0 saturated heterocycles. The quantitative estimate of drug-likeness (QED) is 0.711. The largest absolute Gasteiger partial charge is 0.324 e. The SMILES string of the molecule is CN1CCC(N)c2cc(Cl)ccc2C1. The zero-order chi connectivity index (χ0) is 10.1. The lowest BCUT2D eigenvalue weighted by Crippen LogP contribution is -2.18. The number of hydrogen-bond donors (Lipinski definition) is 1. The summed E-state index contributed by atoms with van der Waals surface area (Å²) in [5.74, 6) is 0. The van der Waals surface area contributed by atoms with Crippen molar-refractivity contribution in [3.05, 3.63) is 34.3 Å². The maximum absolute atomic E-state index is 6.09. The maximum atomic E-state index is 6.09. The number of halogens is 1. The van der Waals surface area contributed by atoms with Crippen molar-refractivity contribution >= 4 is 11.6 Å². The Morgan fingerprint density at radius 2 is 2.29 bits per heavy atom. The molecule has 3 heteroatoms. The van der Waals surface area contributed by atoms with E-state index in [1.807, 2.05) is 12.1 Å². The highest BCUT2D eigenvalue weighted by atomic mass is 35.5.